The summed E-state index contributed by atoms with van der Waals surface area (Å²) in [7, 11) is 1.64. The number of ketones is 3. The quantitative estimate of drug-likeness (QED) is 0.391. The first-order valence-corrected chi connectivity index (χ1v) is 4.36. The van der Waals surface area contributed by atoms with Crippen LogP contribution in [0.25, 0.3) is 0 Å². The molecule has 0 unspecified atom stereocenters. The van der Waals surface area contributed by atoms with Crippen LogP contribution in [-0.2, 0) is 16.6 Å². The number of hydrogen-bond donors (Lipinski definition) is 0. The first-order chi connectivity index (χ1) is 6.93. The lowest BCUT2D eigenvalue weighted by Crippen LogP contribution is -2.16. The van der Waals surface area contributed by atoms with E-state index in [2.05, 4.69) is 10.3 Å². The van der Waals surface area contributed by atoms with Crippen LogP contribution in [0.15, 0.2) is 0 Å². The fourth-order valence-corrected chi connectivity index (χ4v) is 1.02. The minimum atomic E-state index is -0.704. The molecule has 0 N–H and O–H groups in total. The van der Waals surface area contributed by atoms with E-state index in [-0.39, 0.29) is 5.69 Å². The van der Waals surface area contributed by atoms with Gasteiger partial charge in [0.25, 0.3) is 0 Å². The van der Waals surface area contributed by atoms with Crippen molar-refractivity contribution in [3.63, 3.8) is 0 Å². The van der Waals surface area contributed by atoms with Gasteiger partial charge >= 0.3 is 0 Å². The van der Waals surface area contributed by atoms with Crippen LogP contribution in [0.5, 0.6) is 0 Å². The van der Waals surface area contributed by atoms with Crippen LogP contribution in [0.1, 0.15) is 29.5 Å². The van der Waals surface area contributed by atoms with Crippen LogP contribution in [0, 0.1) is 6.92 Å². The number of rotatable bonds is 4. The summed E-state index contributed by atoms with van der Waals surface area (Å²) in [6.45, 7) is 2.81. The minimum absolute atomic E-state index is 0.145. The molecule has 0 radical (unpaired) electrons. The Bertz CT molecular complexity index is 434. The number of hydrogen-bond acceptors (Lipinski definition) is 5. The van der Waals surface area contributed by atoms with E-state index in [9.17, 15) is 14.4 Å². The maximum atomic E-state index is 11.5. The van der Waals surface area contributed by atoms with Gasteiger partial charge in [-0.15, -0.1) is 5.10 Å². The number of nitrogens with zero attached hydrogens (tertiary/aromatic N) is 3. The van der Waals surface area contributed by atoms with Gasteiger partial charge in [0.2, 0.25) is 5.78 Å². The average molecular weight is 209 g/mol. The first kappa shape index (κ1) is 11.2. The van der Waals surface area contributed by atoms with Crippen LogP contribution in [0.2, 0.25) is 0 Å². The molecule has 0 atom stereocenters. The standard InChI is InChI=1S/C9H11N3O3/c1-5-9(10-11-12(5)3)8(15)4-7(14)6(2)13/h4H2,1-3H3. The SMILES string of the molecule is CC(=O)C(=O)CC(=O)c1nnn(C)c1C. The van der Waals surface area contributed by atoms with Crippen molar-refractivity contribution < 1.29 is 14.4 Å². The van der Waals surface area contributed by atoms with E-state index in [0.29, 0.717) is 5.69 Å². The Kier molecular flexibility index (Phi) is 3.08. The molecule has 0 spiro atoms. The van der Waals surface area contributed by atoms with Gasteiger partial charge in [-0.3, -0.25) is 19.1 Å². The molecule has 0 aliphatic carbocycles. The summed E-state index contributed by atoms with van der Waals surface area (Å²) in [5.41, 5.74) is 0.725. The number of carbonyl (C=O) groups is 3. The zero-order valence-electron chi connectivity index (χ0n) is 8.77. The summed E-state index contributed by atoms with van der Waals surface area (Å²) in [6.07, 6.45) is -0.436. The maximum absolute atomic E-state index is 11.5. The lowest BCUT2D eigenvalue weighted by Gasteiger charge is -1.96. The van der Waals surface area contributed by atoms with Crippen molar-refractivity contribution in [2.45, 2.75) is 20.3 Å². The van der Waals surface area contributed by atoms with Crippen LogP contribution in [-0.4, -0.2) is 32.3 Å². The first-order valence-electron chi connectivity index (χ1n) is 4.36. The van der Waals surface area contributed by atoms with E-state index in [0.717, 1.165) is 6.92 Å². The van der Waals surface area contributed by atoms with Crippen molar-refractivity contribution in [2.75, 3.05) is 0 Å². The molecule has 0 aliphatic heterocycles. The van der Waals surface area contributed by atoms with Crippen molar-refractivity contribution in [3.8, 4) is 0 Å². The van der Waals surface area contributed by atoms with Gasteiger partial charge in [0.1, 0.15) is 0 Å². The molecular weight excluding hydrogens is 198 g/mol. The molecule has 6 nitrogen and oxygen atoms in total. The number of aryl methyl sites for hydroxylation is 1. The Morgan fingerprint density at radius 3 is 2.33 bits per heavy atom. The van der Waals surface area contributed by atoms with E-state index in [1.807, 2.05) is 0 Å². The van der Waals surface area contributed by atoms with Gasteiger partial charge < -0.3 is 0 Å². The second-order valence-corrected chi connectivity index (χ2v) is 3.23. The molecular formula is C9H11N3O3. The minimum Gasteiger partial charge on any atom is -0.292 e. The van der Waals surface area contributed by atoms with Gasteiger partial charge in [0, 0.05) is 14.0 Å². The Labute approximate surface area is 86.3 Å². The molecule has 1 aromatic rings. The Morgan fingerprint density at radius 1 is 1.33 bits per heavy atom. The molecule has 0 aromatic carbocycles. The molecule has 1 heterocycles. The van der Waals surface area contributed by atoms with Crippen LogP contribution in [0.4, 0.5) is 0 Å². The highest BCUT2D eigenvalue weighted by Gasteiger charge is 2.20. The zero-order chi connectivity index (χ0) is 11.6. The predicted molar refractivity (Wildman–Crippen MR) is 50.4 cm³/mol. The number of carbonyl (C=O) groups excluding carboxylic acids is 3. The van der Waals surface area contributed by atoms with Gasteiger partial charge in [-0.1, -0.05) is 5.21 Å². The number of Topliss-reactive ketones (excluding diaryl/α,β-unsaturated/α-hetero) is 3. The van der Waals surface area contributed by atoms with Gasteiger partial charge in [0.15, 0.2) is 17.3 Å². The van der Waals surface area contributed by atoms with E-state index >= 15 is 0 Å². The highest BCUT2D eigenvalue weighted by Crippen LogP contribution is 2.05. The maximum Gasteiger partial charge on any atom is 0.205 e. The second kappa shape index (κ2) is 4.12. The predicted octanol–water partition coefficient (Wildman–Crippen LogP) is -0.146. The lowest BCUT2D eigenvalue weighted by molar-refractivity contribution is -0.134. The summed E-state index contributed by atoms with van der Waals surface area (Å²) in [5.74, 6) is -1.80. The third-order valence-corrected chi connectivity index (χ3v) is 2.08. The normalized spacial score (nSPS) is 10.1. The van der Waals surface area contributed by atoms with E-state index in [1.54, 1.807) is 14.0 Å². The van der Waals surface area contributed by atoms with Gasteiger partial charge in [-0.25, -0.2) is 0 Å². The molecule has 15 heavy (non-hydrogen) atoms. The van der Waals surface area contributed by atoms with E-state index in [1.165, 1.54) is 4.68 Å². The monoisotopic (exact) mass is 209 g/mol. The smallest absolute Gasteiger partial charge is 0.205 e. The van der Waals surface area contributed by atoms with Crippen molar-refractivity contribution in [2.24, 2.45) is 7.05 Å². The molecule has 0 aliphatic rings. The van der Waals surface area contributed by atoms with Crippen LogP contribution >= 0.6 is 0 Å². The van der Waals surface area contributed by atoms with Crippen molar-refractivity contribution in [1.29, 1.82) is 0 Å². The molecule has 6 heteroatoms. The third-order valence-electron chi connectivity index (χ3n) is 2.08. The van der Waals surface area contributed by atoms with Gasteiger partial charge in [0.05, 0.1) is 12.1 Å². The average Bonchev–Trinajstić information content (AvgIpc) is 2.47. The molecule has 0 amide bonds. The Hall–Kier alpha value is -1.85. The molecule has 80 valence electrons. The highest BCUT2D eigenvalue weighted by atomic mass is 16.2. The second-order valence-electron chi connectivity index (χ2n) is 3.23. The largest absolute Gasteiger partial charge is 0.292 e. The van der Waals surface area contributed by atoms with E-state index in [4.69, 9.17) is 0 Å². The van der Waals surface area contributed by atoms with Crippen molar-refractivity contribution >= 4 is 17.3 Å². The van der Waals surface area contributed by atoms with E-state index < -0.39 is 23.8 Å². The Morgan fingerprint density at radius 2 is 1.93 bits per heavy atom. The van der Waals surface area contributed by atoms with Crippen LogP contribution < -0.4 is 0 Å². The summed E-state index contributed by atoms with van der Waals surface area (Å²) in [5, 5.41) is 7.27. The highest BCUT2D eigenvalue weighted by molar-refractivity contribution is 6.40. The molecule has 0 saturated carbocycles. The molecule has 1 aromatic heterocycles. The number of aromatic nitrogens is 3. The summed E-state index contributed by atoms with van der Waals surface area (Å²) >= 11 is 0. The van der Waals surface area contributed by atoms with Crippen molar-refractivity contribution in [1.82, 2.24) is 15.0 Å². The summed E-state index contributed by atoms with van der Waals surface area (Å²) < 4.78 is 1.44. The fraction of sp³-hybridized carbons (Fsp3) is 0.444. The summed E-state index contributed by atoms with van der Waals surface area (Å²) in [6, 6.07) is 0. The molecule has 1 rings (SSSR count). The topological polar surface area (TPSA) is 81.9 Å². The summed E-state index contributed by atoms with van der Waals surface area (Å²) in [4.78, 5) is 33.2. The van der Waals surface area contributed by atoms with Gasteiger partial charge in [-0.2, -0.15) is 0 Å². The molecule has 0 bridgehead atoms. The van der Waals surface area contributed by atoms with Crippen LogP contribution in [0.3, 0.4) is 0 Å². The molecule has 0 saturated heterocycles. The third kappa shape index (κ3) is 2.34. The zero-order valence-corrected chi connectivity index (χ0v) is 8.77. The van der Waals surface area contributed by atoms with Gasteiger partial charge in [-0.05, 0) is 6.92 Å². The molecule has 0 fully saturated rings. The Balaban J connectivity index is 2.83. The van der Waals surface area contributed by atoms with Crippen molar-refractivity contribution in [3.05, 3.63) is 11.4 Å². The lowest BCUT2D eigenvalue weighted by atomic mass is 10.1. The fourth-order valence-electron chi connectivity index (χ4n) is 1.02.